The van der Waals surface area contributed by atoms with E-state index in [0.717, 1.165) is 28.8 Å². The highest BCUT2D eigenvalue weighted by molar-refractivity contribution is 7.88. The lowest BCUT2D eigenvalue weighted by Gasteiger charge is -2.20. The molecule has 0 radical (unpaired) electrons. The molecule has 0 saturated carbocycles. The second-order valence-corrected chi connectivity index (χ2v) is 8.20. The average Bonchev–Trinajstić information content (AvgIpc) is 2.55. The molecule has 0 aliphatic rings. The third-order valence-electron chi connectivity index (χ3n) is 3.53. The van der Waals surface area contributed by atoms with Crippen LogP contribution in [0.5, 0.6) is 0 Å². The van der Waals surface area contributed by atoms with Gasteiger partial charge in [-0.15, -0.1) is 0 Å². The maximum Gasteiger partial charge on any atom is 0.416 e. The minimum Gasteiger partial charge on any atom is -0.325 e. The Morgan fingerprint density at radius 2 is 1.78 bits per heavy atom. The quantitative estimate of drug-likeness (QED) is 0.773. The zero-order chi connectivity index (χ0) is 20.2. The fourth-order valence-corrected chi connectivity index (χ4v) is 3.08. The Morgan fingerprint density at radius 1 is 1.15 bits per heavy atom. The number of benzene rings is 2. The Labute approximate surface area is 159 Å². The zero-order valence-electron chi connectivity index (χ0n) is 14.1. The molecule has 5 nitrogen and oxygen atoms in total. The van der Waals surface area contributed by atoms with E-state index in [1.54, 1.807) is 24.3 Å². The van der Waals surface area contributed by atoms with Crippen LogP contribution in [-0.2, 0) is 27.5 Å². The highest BCUT2D eigenvalue weighted by Gasteiger charge is 2.30. The first kappa shape index (κ1) is 21.2. The Morgan fingerprint density at radius 3 is 2.33 bits per heavy atom. The van der Waals surface area contributed by atoms with Crippen LogP contribution in [-0.4, -0.2) is 31.4 Å². The second kappa shape index (κ2) is 8.28. The Hall–Kier alpha value is -2.10. The van der Waals surface area contributed by atoms with Crippen LogP contribution >= 0.6 is 11.6 Å². The minimum atomic E-state index is -4.55. The number of carbonyl (C=O) groups is 1. The first-order chi connectivity index (χ1) is 12.4. The average molecular weight is 421 g/mol. The lowest BCUT2D eigenvalue weighted by atomic mass is 10.2. The van der Waals surface area contributed by atoms with Crippen molar-refractivity contribution >= 4 is 33.2 Å². The summed E-state index contributed by atoms with van der Waals surface area (Å²) in [5, 5.41) is 2.76. The van der Waals surface area contributed by atoms with Crippen molar-refractivity contribution < 1.29 is 26.4 Å². The number of nitrogens with one attached hydrogen (secondary N) is 1. The van der Waals surface area contributed by atoms with Gasteiger partial charge in [0.05, 0.1) is 18.4 Å². The van der Waals surface area contributed by atoms with E-state index in [0.29, 0.717) is 10.6 Å². The molecule has 0 aromatic heterocycles. The number of rotatable bonds is 6. The molecular formula is C17H16ClF3N2O3S. The summed E-state index contributed by atoms with van der Waals surface area (Å²) < 4.78 is 63.0. The molecule has 146 valence electrons. The van der Waals surface area contributed by atoms with Crippen molar-refractivity contribution in [3.8, 4) is 0 Å². The van der Waals surface area contributed by atoms with Crippen LogP contribution in [0.1, 0.15) is 11.1 Å². The number of carbonyl (C=O) groups excluding carboxylic acids is 1. The van der Waals surface area contributed by atoms with Crippen molar-refractivity contribution in [2.24, 2.45) is 0 Å². The number of anilines is 1. The minimum absolute atomic E-state index is 0.0743. The van der Waals surface area contributed by atoms with Crippen LogP contribution in [0.2, 0.25) is 5.02 Å². The van der Waals surface area contributed by atoms with Gasteiger partial charge in [-0.3, -0.25) is 4.79 Å². The molecule has 10 heteroatoms. The maximum atomic E-state index is 12.7. The fourth-order valence-electron chi connectivity index (χ4n) is 2.22. The molecule has 2 rings (SSSR count). The van der Waals surface area contributed by atoms with E-state index in [4.69, 9.17) is 11.6 Å². The summed E-state index contributed by atoms with van der Waals surface area (Å²) in [6.07, 6.45) is -3.60. The summed E-state index contributed by atoms with van der Waals surface area (Å²) >= 11 is 5.78. The zero-order valence-corrected chi connectivity index (χ0v) is 15.7. The first-order valence-electron chi connectivity index (χ1n) is 7.62. The Balaban J connectivity index is 2.11. The van der Waals surface area contributed by atoms with Crippen LogP contribution in [0.3, 0.4) is 0 Å². The van der Waals surface area contributed by atoms with Gasteiger partial charge in [-0.2, -0.15) is 17.5 Å². The summed E-state index contributed by atoms with van der Waals surface area (Å²) in [7, 11) is -3.73. The molecule has 0 atom stereocenters. The Bertz CT molecular complexity index is 916. The highest BCUT2D eigenvalue weighted by atomic mass is 35.5. The van der Waals surface area contributed by atoms with Gasteiger partial charge in [0.15, 0.2) is 0 Å². The van der Waals surface area contributed by atoms with Gasteiger partial charge in [0.25, 0.3) is 0 Å². The molecule has 0 heterocycles. The number of amides is 1. The van der Waals surface area contributed by atoms with Gasteiger partial charge >= 0.3 is 6.18 Å². The van der Waals surface area contributed by atoms with E-state index in [-0.39, 0.29) is 12.2 Å². The standard InChI is InChI=1S/C17H16ClF3N2O3S/c1-27(25,26)23(10-12-5-7-14(18)8-6-12)11-16(24)22-15-4-2-3-13(9-15)17(19,20)21/h2-9H,10-11H2,1H3,(H,22,24). The molecule has 2 aromatic carbocycles. The molecule has 0 spiro atoms. The molecular weight excluding hydrogens is 405 g/mol. The third kappa shape index (κ3) is 6.53. The van der Waals surface area contributed by atoms with Crippen molar-refractivity contribution in [3.05, 3.63) is 64.7 Å². The number of hydrogen-bond donors (Lipinski definition) is 1. The normalized spacial score (nSPS) is 12.2. The van der Waals surface area contributed by atoms with Gasteiger partial charge in [0.1, 0.15) is 0 Å². The molecule has 0 aliphatic heterocycles. The molecule has 27 heavy (non-hydrogen) atoms. The predicted molar refractivity (Wildman–Crippen MR) is 96.8 cm³/mol. The van der Waals surface area contributed by atoms with Crippen LogP contribution in [0.4, 0.5) is 18.9 Å². The Kier molecular flexibility index (Phi) is 6.50. The van der Waals surface area contributed by atoms with Crippen LogP contribution < -0.4 is 5.32 Å². The van der Waals surface area contributed by atoms with E-state index in [1.807, 2.05) is 0 Å². The van der Waals surface area contributed by atoms with Crippen molar-refractivity contribution in [2.45, 2.75) is 12.7 Å². The number of nitrogens with zero attached hydrogens (tertiary/aromatic N) is 1. The van der Waals surface area contributed by atoms with E-state index >= 15 is 0 Å². The molecule has 0 bridgehead atoms. The van der Waals surface area contributed by atoms with Gasteiger partial charge in [-0.1, -0.05) is 29.8 Å². The smallest absolute Gasteiger partial charge is 0.325 e. The van der Waals surface area contributed by atoms with Gasteiger partial charge in [-0.25, -0.2) is 8.42 Å². The summed E-state index contributed by atoms with van der Waals surface area (Å²) in [6, 6.07) is 10.5. The van der Waals surface area contributed by atoms with Crippen LogP contribution in [0, 0.1) is 0 Å². The van der Waals surface area contributed by atoms with Crippen LogP contribution in [0.25, 0.3) is 0 Å². The lowest BCUT2D eigenvalue weighted by molar-refractivity contribution is -0.137. The molecule has 2 aromatic rings. The summed E-state index contributed by atoms with van der Waals surface area (Å²) in [5.41, 5.74) is -0.382. The first-order valence-corrected chi connectivity index (χ1v) is 9.84. The van der Waals surface area contributed by atoms with Crippen molar-refractivity contribution in [1.82, 2.24) is 4.31 Å². The van der Waals surface area contributed by atoms with Crippen molar-refractivity contribution in [3.63, 3.8) is 0 Å². The lowest BCUT2D eigenvalue weighted by Crippen LogP contribution is -2.36. The number of halogens is 4. The van der Waals surface area contributed by atoms with Gasteiger partial charge in [-0.05, 0) is 35.9 Å². The van der Waals surface area contributed by atoms with E-state index in [9.17, 15) is 26.4 Å². The van der Waals surface area contributed by atoms with Gasteiger partial charge in [0.2, 0.25) is 15.9 Å². The monoisotopic (exact) mass is 420 g/mol. The molecule has 1 amide bonds. The van der Waals surface area contributed by atoms with Gasteiger partial charge < -0.3 is 5.32 Å². The summed E-state index contributed by atoms with van der Waals surface area (Å²) in [5.74, 6) is -0.756. The molecule has 0 aliphatic carbocycles. The topological polar surface area (TPSA) is 66.5 Å². The largest absolute Gasteiger partial charge is 0.416 e. The van der Waals surface area contributed by atoms with Gasteiger partial charge in [0, 0.05) is 17.3 Å². The van der Waals surface area contributed by atoms with Crippen molar-refractivity contribution in [2.75, 3.05) is 18.1 Å². The molecule has 1 N–H and O–H groups in total. The van der Waals surface area contributed by atoms with Crippen LogP contribution in [0.15, 0.2) is 48.5 Å². The number of sulfonamides is 1. The van der Waals surface area contributed by atoms with E-state index in [1.165, 1.54) is 6.07 Å². The maximum absolute atomic E-state index is 12.7. The molecule has 0 saturated heterocycles. The third-order valence-corrected chi connectivity index (χ3v) is 4.98. The SMILES string of the molecule is CS(=O)(=O)N(CC(=O)Nc1cccc(C(F)(F)F)c1)Cc1ccc(Cl)cc1. The van der Waals surface area contributed by atoms with E-state index in [2.05, 4.69) is 5.32 Å². The highest BCUT2D eigenvalue weighted by Crippen LogP contribution is 2.30. The number of alkyl halides is 3. The van der Waals surface area contributed by atoms with Crippen molar-refractivity contribution in [1.29, 1.82) is 0 Å². The summed E-state index contributed by atoms with van der Waals surface area (Å²) in [6.45, 7) is -0.621. The summed E-state index contributed by atoms with van der Waals surface area (Å²) in [4.78, 5) is 12.2. The number of hydrogen-bond acceptors (Lipinski definition) is 3. The van der Waals surface area contributed by atoms with E-state index < -0.39 is 34.2 Å². The molecule has 0 unspecified atom stereocenters. The predicted octanol–water partition coefficient (Wildman–Crippen LogP) is 3.76. The fraction of sp³-hybridized carbons (Fsp3) is 0.235. The molecule has 0 fully saturated rings. The second-order valence-electron chi connectivity index (χ2n) is 5.78.